The van der Waals surface area contributed by atoms with E-state index in [1.807, 2.05) is 0 Å². The van der Waals surface area contributed by atoms with E-state index in [0.29, 0.717) is 6.07 Å². The summed E-state index contributed by atoms with van der Waals surface area (Å²) in [6, 6.07) is 7.59. The molecule has 0 saturated heterocycles. The molecule has 0 aliphatic heterocycles. The second kappa shape index (κ2) is 8.07. The number of phenols is 3. The predicted molar refractivity (Wildman–Crippen MR) is 103 cm³/mol. The fourth-order valence-corrected chi connectivity index (χ4v) is 3.52. The van der Waals surface area contributed by atoms with E-state index in [4.69, 9.17) is 0 Å². The van der Waals surface area contributed by atoms with Gasteiger partial charge in [-0.15, -0.1) is 0 Å². The number of phenolic OH excluding ortho intramolecular Hbond substituents is 3. The molecule has 5 N–H and O–H groups in total. The first-order valence-electron chi connectivity index (χ1n) is 8.32. The van der Waals surface area contributed by atoms with Gasteiger partial charge in [0.1, 0.15) is 0 Å². The molecule has 3 aromatic carbocycles. The van der Waals surface area contributed by atoms with Gasteiger partial charge in [-0.05, 0) is 48.5 Å². The summed E-state index contributed by atoms with van der Waals surface area (Å²) in [5.41, 5.74) is -0.863. The molecule has 162 valence electrons. The van der Waals surface area contributed by atoms with E-state index < -0.39 is 56.3 Å². The van der Waals surface area contributed by atoms with Gasteiger partial charge in [0.15, 0.2) is 34.7 Å². The zero-order chi connectivity index (χ0) is 22.9. The lowest BCUT2D eigenvalue weighted by molar-refractivity contribution is 0.102. The van der Waals surface area contributed by atoms with Gasteiger partial charge in [-0.1, -0.05) is 0 Å². The van der Waals surface area contributed by atoms with Crippen LogP contribution < -0.4 is 10.0 Å². The summed E-state index contributed by atoms with van der Waals surface area (Å²) in [6.45, 7) is 0. The van der Waals surface area contributed by atoms with Crippen LogP contribution in [0.5, 0.6) is 17.2 Å². The van der Waals surface area contributed by atoms with Crippen LogP contribution in [0.2, 0.25) is 0 Å². The van der Waals surface area contributed by atoms with E-state index in [-0.39, 0.29) is 16.1 Å². The van der Waals surface area contributed by atoms with Gasteiger partial charge in [-0.2, -0.15) is 0 Å². The van der Waals surface area contributed by atoms with Gasteiger partial charge in [0.25, 0.3) is 15.9 Å². The van der Waals surface area contributed by atoms with E-state index in [1.54, 1.807) is 4.72 Å². The molecule has 0 radical (unpaired) electrons. The molecule has 3 aromatic rings. The molecule has 0 aliphatic carbocycles. The Bertz CT molecular complexity index is 1260. The first-order valence-corrected chi connectivity index (χ1v) is 9.80. The Labute approximate surface area is 173 Å². The van der Waals surface area contributed by atoms with E-state index in [9.17, 15) is 41.7 Å². The second-order valence-electron chi connectivity index (χ2n) is 6.17. The van der Waals surface area contributed by atoms with Crippen molar-refractivity contribution in [3.8, 4) is 17.2 Å². The molecular weight excluding hydrogens is 441 g/mol. The average Bonchev–Trinajstić information content (AvgIpc) is 2.72. The highest BCUT2D eigenvalue weighted by molar-refractivity contribution is 7.92. The summed E-state index contributed by atoms with van der Waals surface area (Å²) in [7, 11) is -4.36. The lowest BCUT2D eigenvalue weighted by Crippen LogP contribution is -2.15. The number of carbonyl (C=O) groups is 1. The minimum absolute atomic E-state index is 0.120. The lowest BCUT2D eigenvalue weighted by Gasteiger charge is -2.11. The SMILES string of the molecule is O=C(Nc1ccc(S(=O)(=O)Nc2ccc(F)c(F)c2F)cc1)c1cc(O)c(O)c(O)c1. The largest absolute Gasteiger partial charge is 0.504 e. The molecule has 0 fully saturated rings. The predicted octanol–water partition coefficient (Wildman–Crippen LogP) is 3.27. The average molecular weight is 454 g/mol. The highest BCUT2D eigenvalue weighted by Crippen LogP contribution is 2.35. The number of anilines is 2. The van der Waals surface area contributed by atoms with Gasteiger partial charge in [-0.25, -0.2) is 21.6 Å². The maximum Gasteiger partial charge on any atom is 0.261 e. The maximum absolute atomic E-state index is 13.7. The highest BCUT2D eigenvalue weighted by Gasteiger charge is 2.20. The van der Waals surface area contributed by atoms with Crippen molar-refractivity contribution in [3.63, 3.8) is 0 Å². The van der Waals surface area contributed by atoms with E-state index >= 15 is 0 Å². The van der Waals surface area contributed by atoms with Crippen molar-refractivity contribution < 1.29 is 41.7 Å². The summed E-state index contributed by atoms with van der Waals surface area (Å²) in [4.78, 5) is 11.8. The molecule has 1 amide bonds. The Morgan fingerprint density at radius 1 is 0.839 bits per heavy atom. The normalized spacial score (nSPS) is 11.2. The molecule has 0 saturated carbocycles. The van der Waals surface area contributed by atoms with Crippen molar-refractivity contribution in [2.45, 2.75) is 4.90 Å². The zero-order valence-corrected chi connectivity index (χ0v) is 16.0. The summed E-state index contributed by atoms with van der Waals surface area (Å²) in [6.07, 6.45) is 0. The molecule has 0 aromatic heterocycles. The number of carbonyl (C=O) groups excluding carboxylic acids is 1. The summed E-state index contributed by atoms with van der Waals surface area (Å²) < 4.78 is 66.5. The third-order valence-corrected chi connectivity index (χ3v) is 5.42. The maximum atomic E-state index is 13.7. The van der Waals surface area contributed by atoms with Crippen molar-refractivity contribution in [3.05, 3.63) is 71.5 Å². The molecule has 0 spiro atoms. The third-order valence-electron chi connectivity index (χ3n) is 4.03. The van der Waals surface area contributed by atoms with Gasteiger partial charge < -0.3 is 20.6 Å². The zero-order valence-electron chi connectivity index (χ0n) is 15.2. The minimum atomic E-state index is -4.36. The van der Waals surface area contributed by atoms with Crippen LogP contribution in [0.3, 0.4) is 0 Å². The van der Waals surface area contributed by atoms with E-state index in [1.165, 1.54) is 12.1 Å². The molecule has 31 heavy (non-hydrogen) atoms. The van der Waals surface area contributed by atoms with Crippen LogP contribution in [-0.4, -0.2) is 29.6 Å². The Morgan fingerprint density at radius 3 is 2.00 bits per heavy atom. The van der Waals surface area contributed by atoms with Gasteiger partial charge in [0.2, 0.25) is 0 Å². The Morgan fingerprint density at radius 2 is 1.42 bits per heavy atom. The highest BCUT2D eigenvalue weighted by atomic mass is 32.2. The Kier molecular flexibility index (Phi) is 5.66. The fourth-order valence-electron chi connectivity index (χ4n) is 2.46. The molecule has 12 heteroatoms. The topological polar surface area (TPSA) is 136 Å². The van der Waals surface area contributed by atoms with Crippen LogP contribution in [0.15, 0.2) is 53.4 Å². The molecule has 0 heterocycles. The van der Waals surface area contributed by atoms with Crippen LogP contribution in [0, 0.1) is 17.5 Å². The number of halogens is 3. The van der Waals surface area contributed by atoms with Crippen LogP contribution in [-0.2, 0) is 10.0 Å². The van der Waals surface area contributed by atoms with E-state index in [0.717, 1.165) is 30.3 Å². The smallest absolute Gasteiger partial charge is 0.261 e. The Balaban J connectivity index is 1.78. The van der Waals surface area contributed by atoms with Gasteiger partial charge in [0.05, 0.1) is 10.6 Å². The number of amides is 1. The lowest BCUT2D eigenvalue weighted by atomic mass is 10.1. The van der Waals surface area contributed by atoms with Gasteiger partial charge in [0, 0.05) is 11.3 Å². The number of benzene rings is 3. The number of nitrogens with one attached hydrogen (secondary N) is 2. The number of hydrogen-bond acceptors (Lipinski definition) is 6. The number of sulfonamides is 1. The fraction of sp³-hybridized carbons (Fsp3) is 0. The van der Waals surface area contributed by atoms with Crippen molar-refractivity contribution in [1.82, 2.24) is 0 Å². The standard InChI is InChI=1S/C19H13F3N2O6S/c20-12-5-6-13(17(22)16(12)21)24-31(29,30)11-3-1-10(2-4-11)23-19(28)9-7-14(25)18(27)15(26)8-9/h1-8,24-27H,(H,23,28). The minimum Gasteiger partial charge on any atom is -0.504 e. The van der Waals surface area contributed by atoms with Crippen LogP contribution in [0.1, 0.15) is 10.4 Å². The second-order valence-corrected chi connectivity index (χ2v) is 7.85. The van der Waals surface area contributed by atoms with Crippen molar-refractivity contribution in [2.75, 3.05) is 10.0 Å². The van der Waals surface area contributed by atoms with Crippen LogP contribution >= 0.6 is 0 Å². The molecule has 8 nitrogen and oxygen atoms in total. The molecule has 0 atom stereocenters. The van der Waals surface area contributed by atoms with Crippen LogP contribution in [0.25, 0.3) is 0 Å². The van der Waals surface area contributed by atoms with Crippen molar-refractivity contribution in [1.29, 1.82) is 0 Å². The third kappa shape index (κ3) is 4.48. The molecule has 0 unspecified atom stereocenters. The summed E-state index contributed by atoms with van der Waals surface area (Å²) in [5, 5.41) is 30.6. The quantitative estimate of drug-likeness (QED) is 0.297. The molecule has 0 bridgehead atoms. The van der Waals surface area contributed by atoms with Crippen LogP contribution in [0.4, 0.5) is 24.5 Å². The number of aromatic hydroxyl groups is 3. The van der Waals surface area contributed by atoms with Gasteiger partial charge >= 0.3 is 0 Å². The summed E-state index contributed by atoms with van der Waals surface area (Å²) >= 11 is 0. The van der Waals surface area contributed by atoms with E-state index in [2.05, 4.69) is 5.32 Å². The Hall–Kier alpha value is -3.93. The molecular formula is C19H13F3N2O6S. The first-order chi connectivity index (χ1) is 14.5. The van der Waals surface area contributed by atoms with Crippen molar-refractivity contribution >= 4 is 27.3 Å². The number of rotatable bonds is 5. The first kappa shape index (κ1) is 21.8. The molecule has 3 rings (SSSR count). The van der Waals surface area contributed by atoms with Crippen molar-refractivity contribution in [2.24, 2.45) is 0 Å². The number of hydrogen-bond donors (Lipinski definition) is 5. The van der Waals surface area contributed by atoms with Gasteiger partial charge in [-0.3, -0.25) is 9.52 Å². The molecule has 0 aliphatic rings. The summed E-state index contributed by atoms with van der Waals surface area (Å²) in [5.74, 6) is -8.03. The monoisotopic (exact) mass is 454 g/mol.